The number of benzene rings is 2. The molecule has 36 heavy (non-hydrogen) atoms. The van der Waals surface area contributed by atoms with Gasteiger partial charge >= 0.3 is 0 Å². The molecule has 4 rings (SSSR count). The van der Waals surface area contributed by atoms with E-state index in [1.807, 2.05) is 23.9 Å². The quantitative estimate of drug-likeness (QED) is 0.281. The SMILES string of the molecule is CC1Cc2c(O[Si](C)(C)C(C)(C)C)ccc3c2c(c(CC(C)(C)CC#N)n3Cc2ccc(Cl)cc2)S1. The monoisotopic (exact) mass is 538 g/mol. The molecule has 0 radical (unpaired) electrons. The lowest BCUT2D eigenvalue weighted by molar-refractivity contribution is 0.361. The van der Waals surface area contributed by atoms with Crippen molar-refractivity contribution in [3.05, 3.63) is 58.2 Å². The number of hydrogen-bond acceptors (Lipinski definition) is 3. The molecular weight excluding hydrogens is 500 g/mol. The number of hydrogen-bond donors (Lipinski definition) is 0. The molecule has 0 N–H and O–H groups in total. The fourth-order valence-corrected chi connectivity index (χ4v) is 7.24. The van der Waals surface area contributed by atoms with Crippen molar-refractivity contribution in [2.24, 2.45) is 5.41 Å². The standard InChI is InChI=1S/C30H39ClN2OSSi/c1-20-17-23-26(34-36(7,8)29(2,3)4)14-13-24-27(23)28(35-20)25(18-30(5,6)15-16-32)33(24)19-21-9-11-22(31)12-10-21/h9-14,20H,15,17-19H2,1-8H3. The van der Waals surface area contributed by atoms with Crippen LogP contribution in [0.4, 0.5) is 0 Å². The van der Waals surface area contributed by atoms with E-state index in [-0.39, 0.29) is 10.5 Å². The van der Waals surface area contributed by atoms with Crippen LogP contribution in [0.25, 0.3) is 10.9 Å². The Kier molecular flexibility index (Phi) is 7.38. The highest BCUT2D eigenvalue weighted by Crippen LogP contribution is 2.49. The van der Waals surface area contributed by atoms with E-state index in [2.05, 4.69) is 89.5 Å². The van der Waals surface area contributed by atoms with Crippen molar-refractivity contribution in [2.75, 3.05) is 0 Å². The van der Waals surface area contributed by atoms with Gasteiger partial charge in [-0.3, -0.25) is 0 Å². The zero-order valence-corrected chi connectivity index (χ0v) is 25.5. The minimum Gasteiger partial charge on any atom is -0.543 e. The van der Waals surface area contributed by atoms with Gasteiger partial charge in [0.15, 0.2) is 0 Å². The van der Waals surface area contributed by atoms with Crippen LogP contribution in [-0.2, 0) is 19.4 Å². The maximum atomic E-state index is 9.50. The highest BCUT2D eigenvalue weighted by Gasteiger charge is 2.40. The van der Waals surface area contributed by atoms with Crippen LogP contribution in [0.5, 0.6) is 5.75 Å². The Morgan fingerprint density at radius 2 is 1.78 bits per heavy atom. The van der Waals surface area contributed by atoms with Crippen LogP contribution in [0.2, 0.25) is 23.2 Å². The van der Waals surface area contributed by atoms with Crippen molar-refractivity contribution in [2.45, 2.75) is 95.6 Å². The van der Waals surface area contributed by atoms with Gasteiger partial charge in [0, 0.05) is 44.8 Å². The number of nitrogens with zero attached hydrogens (tertiary/aromatic N) is 2. The molecule has 1 aliphatic heterocycles. The second-order valence-electron chi connectivity index (χ2n) is 12.6. The first-order valence-corrected chi connectivity index (χ1v) is 17.0. The lowest BCUT2D eigenvalue weighted by Crippen LogP contribution is -2.44. The zero-order chi connectivity index (χ0) is 26.5. The van der Waals surface area contributed by atoms with Gasteiger partial charge in [0.25, 0.3) is 0 Å². The highest BCUT2D eigenvalue weighted by atomic mass is 35.5. The van der Waals surface area contributed by atoms with Gasteiger partial charge in [-0.05, 0) is 66.2 Å². The van der Waals surface area contributed by atoms with Crippen LogP contribution in [0.3, 0.4) is 0 Å². The third-order valence-corrected chi connectivity index (χ3v) is 13.6. The minimum atomic E-state index is -1.98. The van der Waals surface area contributed by atoms with Crippen molar-refractivity contribution < 1.29 is 4.43 Å². The van der Waals surface area contributed by atoms with Gasteiger partial charge in [-0.25, -0.2) is 0 Å². The molecule has 1 aromatic heterocycles. The first-order valence-electron chi connectivity index (χ1n) is 12.9. The van der Waals surface area contributed by atoms with E-state index in [0.717, 1.165) is 30.2 Å². The molecule has 0 amide bonds. The third kappa shape index (κ3) is 5.37. The average Bonchev–Trinajstić information content (AvgIpc) is 3.03. The normalized spacial score (nSPS) is 16.3. The van der Waals surface area contributed by atoms with Gasteiger partial charge in [-0.1, -0.05) is 65.3 Å². The van der Waals surface area contributed by atoms with Crippen LogP contribution >= 0.6 is 23.4 Å². The molecule has 0 spiro atoms. The van der Waals surface area contributed by atoms with E-state index in [1.54, 1.807) is 0 Å². The minimum absolute atomic E-state index is 0.112. The fraction of sp³-hybridized carbons (Fsp3) is 0.500. The summed E-state index contributed by atoms with van der Waals surface area (Å²) in [6, 6.07) is 15.1. The van der Waals surface area contributed by atoms with Gasteiger partial charge in [0.1, 0.15) is 5.75 Å². The summed E-state index contributed by atoms with van der Waals surface area (Å²) in [5.41, 5.74) is 5.07. The molecule has 2 heterocycles. The molecule has 192 valence electrons. The van der Waals surface area contributed by atoms with E-state index in [0.29, 0.717) is 11.7 Å². The number of halogens is 1. The van der Waals surface area contributed by atoms with Crippen molar-refractivity contribution in [1.82, 2.24) is 4.57 Å². The lowest BCUT2D eigenvalue weighted by Gasteiger charge is -2.37. The van der Waals surface area contributed by atoms with Gasteiger partial charge in [-0.15, -0.1) is 11.8 Å². The molecule has 1 atom stereocenters. The number of rotatable bonds is 7. The van der Waals surface area contributed by atoms with Gasteiger partial charge in [0.05, 0.1) is 11.6 Å². The largest absolute Gasteiger partial charge is 0.543 e. The van der Waals surface area contributed by atoms with E-state index < -0.39 is 8.32 Å². The predicted octanol–water partition coefficient (Wildman–Crippen LogP) is 9.25. The van der Waals surface area contributed by atoms with Crippen LogP contribution in [0.15, 0.2) is 41.3 Å². The molecule has 3 nitrogen and oxygen atoms in total. The summed E-state index contributed by atoms with van der Waals surface area (Å²) in [6.07, 6.45) is 2.39. The van der Waals surface area contributed by atoms with Crippen LogP contribution in [0.1, 0.15) is 64.8 Å². The molecule has 0 fully saturated rings. The van der Waals surface area contributed by atoms with Crippen molar-refractivity contribution in [1.29, 1.82) is 5.26 Å². The van der Waals surface area contributed by atoms with E-state index in [9.17, 15) is 5.26 Å². The molecule has 1 aliphatic rings. The Bertz CT molecular complexity index is 1310. The van der Waals surface area contributed by atoms with E-state index in [4.69, 9.17) is 16.0 Å². The first-order chi connectivity index (χ1) is 16.7. The van der Waals surface area contributed by atoms with Crippen molar-refractivity contribution >= 4 is 42.6 Å². The molecule has 2 aromatic carbocycles. The summed E-state index contributed by atoms with van der Waals surface area (Å²) in [7, 11) is -1.98. The summed E-state index contributed by atoms with van der Waals surface area (Å²) in [5, 5.41) is 12.2. The maximum absolute atomic E-state index is 9.50. The van der Waals surface area contributed by atoms with Gasteiger partial charge in [0.2, 0.25) is 8.32 Å². The van der Waals surface area contributed by atoms with Crippen molar-refractivity contribution in [3.8, 4) is 11.8 Å². The van der Waals surface area contributed by atoms with E-state index >= 15 is 0 Å². The maximum Gasteiger partial charge on any atom is 0.250 e. The lowest BCUT2D eigenvalue weighted by atomic mass is 9.85. The van der Waals surface area contributed by atoms with Crippen LogP contribution < -0.4 is 4.43 Å². The Morgan fingerprint density at radius 1 is 1.11 bits per heavy atom. The van der Waals surface area contributed by atoms with Crippen LogP contribution in [0, 0.1) is 16.7 Å². The summed E-state index contributed by atoms with van der Waals surface area (Å²) in [4.78, 5) is 1.37. The molecule has 0 aliphatic carbocycles. The predicted molar refractivity (Wildman–Crippen MR) is 157 cm³/mol. The van der Waals surface area contributed by atoms with Gasteiger partial charge in [-0.2, -0.15) is 5.26 Å². The number of aromatic nitrogens is 1. The van der Waals surface area contributed by atoms with Crippen molar-refractivity contribution in [3.63, 3.8) is 0 Å². The first kappa shape index (κ1) is 27.2. The summed E-state index contributed by atoms with van der Waals surface area (Å²) < 4.78 is 9.40. The molecule has 6 heteroatoms. The zero-order valence-electron chi connectivity index (χ0n) is 23.0. The molecule has 0 bridgehead atoms. The molecular formula is C30H39ClN2OSSi. The summed E-state index contributed by atoms with van der Waals surface area (Å²) >= 11 is 8.17. The summed E-state index contributed by atoms with van der Waals surface area (Å²) in [5.74, 6) is 1.06. The highest BCUT2D eigenvalue weighted by molar-refractivity contribution is 8.00. The average molecular weight is 539 g/mol. The molecule has 0 saturated carbocycles. The summed E-state index contributed by atoms with van der Waals surface area (Å²) in [6.45, 7) is 19.1. The Hall–Kier alpha value is -1.87. The Morgan fingerprint density at radius 3 is 2.39 bits per heavy atom. The Labute approximate surface area is 227 Å². The number of nitriles is 1. The van der Waals surface area contributed by atoms with E-state index in [1.165, 1.54) is 32.6 Å². The topological polar surface area (TPSA) is 37.9 Å². The molecule has 3 aromatic rings. The second kappa shape index (κ2) is 9.78. The Balaban J connectivity index is 1.93. The second-order valence-corrected chi connectivity index (χ2v) is 19.2. The fourth-order valence-electron chi connectivity index (χ4n) is 4.75. The number of thioether (sulfide) groups is 1. The van der Waals surface area contributed by atoms with Gasteiger partial charge < -0.3 is 8.99 Å². The molecule has 0 saturated heterocycles. The van der Waals surface area contributed by atoms with Crippen LogP contribution in [-0.4, -0.2) is 18.1 Å². The third-order valence-electron chi connectivity index (χ3n) is 7.79. The molecule has 1 unspecified atom stereocenters. The smallest absolute Gasteiger partial charge is 0.250 e.